The van der Waals surface area contributed by atoms with Gasteiger partial charge in [0.25, 0.3) is 5.91 Å². The summed E-state index contributed by atoms with van der Waals surface area (Å²) in [5, 5.41) is 14.2. The van der Waals surface area contributed by atoms with Gasteiger partial charge in [0.2, 0.25) is 0 Å². The van der Waals surface area contributed by atoms with Crippen LogP contribution in [0, 0.1) is 16.0 Å². The lowest BCUT2D eigenvalue weighted by Gasteiger charge is -2.25. The molecule has 0 radical (unpaired) electrons. The zero-order chi connectivity index (χ0) is 21.7. The Bertz CT molecular complexity index is 930. The van der Waals surface area contributed by atoms with Crippen LogP contribution < -0.4 is 24.3 Å². The fraction of sp³-hybridized carbons (Fsp3) is 0.381. The Morgan fingerprint density at radius 2 is 1.90 bits per heavy atom. The molecule has 0 spiro atoms. The summed E-state index contributed by atoms with van der Waals surface area (Å²) < 4.78 is 21.6. The van der Waals surface area contributed by atoms with Gasteiger partial charge in [-0.15, -0.1) is 0 Å². The Balaban J connectivity index is 1.69. The van der Waals surface area contributed by atoms with Crippen LogP contribution in [0.3, 0.4) is 0 Å². The predicted molar refractivity (Wildman–Crippen MR) is 108 cm³/mol. The summed E-state index contributed by atoms with van der Waals surface area (Å²) in [5.74, 6) is 1.34. The number of hydrogen-bond acceptors (Lipinski definition) is 7. The molecule has 0 aliphatic carbocycles. The van der Waals surface area contributed by atoms with Crippen molar-refractivity contribution in [1.82, 2.24) is 5.32 Å². The van der Waals surface area contributed by atoms with Crippen LogP contribution >= 0.6 is 0 Å². The van der Waals surface area contributed by atoms with Crippen LogP contribution in [0.2, 0.25) is 0 Å². The molecule has 0 bridgehead atoms. The summed E-state index contributed by atoms with van der Waals surface area (Å²) in [6, 6.07) is 9.46. The highest BCUT2D eigenvalue weighted by Gasteiger charge is 2.23. The summed E-state index contributed by atoms with van der Waals surface area (Å²) in [5.41, 5.74) is 0.604. The van der Waals surface area contributed by atoms with Crippen molar-refractivity contribution < 1.29 is 28.7 Å². The van der Waals surface area contributed by atoms with Gasteiger partial charge in [0.05, 0.1) is 24.1 Å². The number of nitro groups is 1. The van der Waals surface area contributed by atoms with E-state index in [0.29, 0.717) is 30.5 Å². The average molecular weight is 416 g/mol. The molecule has 160 valence electrons. The number of hydrogen-bond donors (Lipinski definition) is 1. The molecule has 9 nitrogen and oxygen atoms in total. The van der Waals surface area contributed by atoms with Gasteiger partial charge in [-0.2, -0.15) is 0 Å². The van der Waals surface area contributed by atoms with Gasteiger partial charge < -0.3 is 24.3 Å². The van der Waals surface area contributed by atoms with Gasteiger partial charge in [-0.05, 0) is 35.7 Å². The summed E-state index contributed by atoms with van der Waals surface area (Å²) >= 11 is 0. The summed E-state index contributed by atoms with van der Waals surface area (Å²) in [4.78, 5) is 23.2. The van der Waals surface area contributed by atoms with Crippen LogP contribution in [0.5, 0.6) is 23.0 Å². The molecule has 1 aliphatic rings. The van der Waals surface area contributed by atoms with Gasteiger partial charge >= 0.3 is 5.69 Å². The fourth-order valence-corrected chi connectivity index (χ4v) is 3.14. The summed E-state index contributed by atoms with van der Waals surface area (Å²) in [6.07, 6.45) is 0. The number of rotatable bonds is 8. The highest BCUT2D eigenvalue weighted by Crippen LogP contribution is 2.34. The number of benzene rings is 2. The van der Waals surface area contributed by atoms with E-state index in [2.05, 4.69) is 5.32 Å². The van der Waals surface area contributed by atoms with Crippen molar-refractivity contribution in [2.45, 2.75) is 19.9 Å². The monoisotopic (exact) mass is 416 g/mol. The fourth-order valence-electron chi connectivity index (χ4n) is 3.14. The number of nitro benzene ring substituents is 1. The summed E-state index contributed by atoms with van der Waals surface area (Å²) in [6.45, 7) is 4.59. The Morgan fingerprint density at radius 1 is 1.17 bits per heavy atom. The molecule has 9 heteroatoms. The Hall–Kier alpha value is -3.49. The molecule has 1 atom stereocenters. The molecule has 3 rings (SSSR count). The average Bonchev–Trinajstić information content (AvgIpc) is 2.75. The lowest BCUT2D eigenvalue weighted by atomic mass is 9.95. The first-order chi connectivity index (χ1) is 14.4. The van der Waals surface area contributed by atoms with E-state index >= 15 is 0 Å². The van der Waals surface area contributed by atoms with Crippen molar-refractivity contribution in [2.75, 3.05) is 26.9 Å². The Labute approximate surface area is 174 Å². The lowest BCUT2D eigenvalue weighted by Crippen LogP contribution is -2.35. The lowest BCUT2D eigenvalue weighted by molar-refractivity contribution is -0.385. The third kappa shape index (κ3) is 4.91. The molecule has 2 aromatic rings. The van der Waals surface area contributed by atoms with E-state index in [4.69, 9.17) is 18.9 Å². The highest BCUT2D eigenvalue weighted by molar-refractivity contribution is 5.78. The van der Waals surface area contributed by atoms with Crippen LogP contribution in [-0.4, -0.2) is 37.8 Å². The normalized spacial score (nSPS) is 13.5. The number of nitrogens with zero attached hydrogens (tertiary/aromatic N) is 1. The van der Waals surface area contributed by atoms with E-state index in [1.807, 2.05) is 32.0 Å². The van der Waals surface area contributed by atoms with Gasteiger partial charge in [0.1, 0.15) is 19.0 Å². The quantitative estimate of drug-likeness (QED) is 0.519. The van der Waals surface area contributed by atoms with Gasteiger partial charge in [0.15, 0.2) is 23.9 Å². The molecule has 0 saturated heterocycles. The van der Waals surface area contributed by atoms with E-state index in [1.54, 1.807) is 0 Å². The minimum Gasteiger partial charge on any atom is -0.496 e. The first-order valence-electron chi connectivity index (χ1n) is 9.53. The molecule has 2 aromatic carbocycles. The Morgan fingerprint density at radius 3 is 2.57 bits per heavy atom. The molecule has 30 heavy (non-hydrogen) atoms. The number of amides is 1. The molecule has 0 aromatic heterocycles. The smallest absolute Gasteiger partial charge is 0.314 e. The van der Waals surface area contributed by atoms with Crippen LogP contribution in [0.4, 0.5) is 5.69 Å². The maximum Gasteiger partial charge on any atom is 0.314 e. The van der Waals surface area contributed by atoms with Gasteiger partial charge in [-0.25, -0.2) is 0 Å². The molecule has 0 fully saturated rings. The standard InChI is InChI=1S/C21H24N2O7/c1-13(2)21(14-4-6-18-19(10-14)29-9-8-28-18)22-20(24)12-30-17-7-5-15(27-3)11-16(17)23(25)26/h4-7,10-11,13,21H,8-9,12H2,1-3H3,(H,22,24)/t21-/m0/s1. The number of fused-ring (bicyclic) bond motifs is 1. The van der Waals surface area contributed by atoms with Crippen molar-refractivity contribution in [3.05, 3.63) is 52.1 Å². The second kappa shape index (κ2) is 9.34. The number of ether oxygens (including phenoxy) is 4. The SMILES string of the molecule is COc1ccc(OCC(=O)N[C@H](c2ccc3c(c2)OCCO3)C(C)C)c([N+](=O)[O-])c1. The van der Waals surface area contributed by atoms with Crippen molar-refractivity contribution in [1.29, 1.82) is 0 Å². The molecule has 0 unspecified atom stereocenters. The second-order valence-electron chi connectivity index (χ2n) is 7.07. The maximum atomic E-state index is 12.5. The number of nitrogens with one attached hydrogen (secondary N) is 1. The minimum absolute atomic E-state index is 0.00336. The van der Waals surface area contributed by atoms with Crippen LogP contribution in [0.15, 0.2) is 36.4 Å². The second-order valence-corrected chi connectivity index (χ2v) is 7.07. The zero-order valence-corrected chi connectivity index (χ0v) is 17.0. The van der Waals surface area contributed by atoms with Gasteiger partial charge in [0, 0.05) is 0 Å². The molecule has 1 heterocycles. The van der Waals surface area contributed by atoms with E-state index < -0.39 is 10.8 Å². The molecular formula is C21H24N2O7. The van der Waals surface area contributed by atoms with Crippen molar-refractivity contribution in [2.24, 2.45) is 5.92 Å². The van der Waals surface area contributed by atoms with Crippen LogP contribution in [0.25, 0.3) is 0 Å². The maximum absolute atomic E-state index is 12.5. The third-order valence-electron chi connectivity index (χ3n) is 4.63. The summed E-state index contributed by atoms with van der Waals surface area (Å²) in [7, 11) is 1.41. The van der Waals surface area contributed by atoms with Crippen molar-refractivity contribution in [3.8, 4) is 23.0 Å². The molecule has 1 aliphatic heterocycles. The van der Waals surface area contributed by atoms with E-state index in [9.17, 15) is 14.9 Å². The largest absolute Gasteiger partial charge is 0.496 e. The number of carbonyl (C=O) groups excluding carboxylic acids is 1. The molecule has 0 saturated carbocycles. The molecular weight excluding hydrogens is 392 g/mol. The first kappa shape index (κ1) is 21.2. The van der Waals surface area contributed by atoms with Crippen LogP contribution in [0.1, 0.15) is 25.5 Å². The topological polar surface area (TPSA) is 109 Å². The van der Waals surface area contributed by atoms with Crippen molar-refractivity contribution >= 4 is 11.6 Å². The number of carbonyl (C=O) groups is 1. The third-order valence-corrected chi connectivity index (χ3v) is 4.63. The molecule has 1 N–H and O–H groups in total. The van der Waals surface area contributed by atoms with E-state index in [1.165, 1.54) is 25.3 Å². The van der Waals surface area contributed by atoms with E-state index in [-0.39, 0.29) is 30.0 Å². The highest BCUT2D eigenvalue weighted by atomic mass is 16.6. The van der Waals surface area contributed by atoms with Gasteiger partial charge in [-0.1, -0.05) is 19.9 Å². The minimum atomic E-state index is -0.581. The first-order valence-corrected chi connectivity index (χ1v) is 9.53. The zero-order valence-electron chi connectivity index (χ0n) is 17.0. The van der Waals surface area contributed by atoms with Crippen molar-refractivity contribution in [3.63, 3.8) is 0 Å². The van der Waals surface area contributed by atoms with Crippen LogP contribution in [-0.2, 0) is 4.79 Å². The Kier molecular flexibility index (Phi) is 6.61. The predicted octanol–water partition coefficient (Wildman–Crippen LogP) is 3.27. The van der Waals surface area contributed by atoms with E-state index in [0.717, 1.165) is 5.56 Å². The molecule has 1 amide bonds. The van der Waals surface area contributed by atoms with Gasteiger partial charge in [-0.3, -0.25) is 14.9 Å². The number of methoxy groups -OCH3 is 1.